The van der Waals surface area contributed by atoms with E-state index in [0.29, 0.717) is 11.7 Å². The standard InChI is InChI=1S/C29H36O/c1-6-25-15-14-24(18-26(25)7-2)17-22(5)29(30)21(4)11-12-23-13-16-27-10-8-9-20(3)28(27)19-23/h6-7,13-16,18-22H,1-2,8-12,17H2,3-5H3/t20?,21?,22-/m0/s1. The smallest absolute Gasteiger partial charge is 0.138 e. The van der Waals surface area contributed by atoms with Gasteiger partial charge in [-0.15, -0.1) is 0 Å². The minimum Gasteiger partial charge on any atom is -0.299 e. The van der Waals surface area contributed by atoms with Gasteiger partial charge < -0.3 is 0 Å². The number of carbonyl (C=O) groups is 1. The molecule has 0 N–H and O–H groups in total. The number of rotatable bonds is 9. The molecule has 0 aliphatic heterocycles. The Morgan fingerprint density at radius 2 is 1.77 bits per heavy atom. The SMILES string of the molecule is C=Cc1ccc(C[C@H](C)C(=O)C(C)CCc2ccc3c(c2)C(C)CCC3)cc1C=C. The Morgan fingerprint density at radius 1 is 1.03 bits per heavy atom. The fraction of sp³-hybridized carbons (Fsp3) is 0.414. The molecule has 1 aliphatic rings. The second-order valence-electron chi connectivity index (χ2n) is 9.15. The van der Waals surface area contributed by atoms with Gasteiger partial charge in [0.15, 0.2) is 0 Å². The topological polar surface area (TPSA) is 17.1 Å². The molecule has 1 nitrogen and oxygen atoms in total. The van der Waals surface area contributed by atoms with Gasteiger partial charge in [-0.3, -0.25) is 4.79 Å². The van der Waals surface area contributed by atoms with Crippen molar-refractivity contribution in [1.29, 1.82) is 0 Å². The predicted octanol–water partition coefficient (Wildman–Crippen LogP) is 7.43. The molecule has 0 radical (unpaired) electrons. The minimum atomic E-state index is 0.0239. The summed E-state index contributed by atoms with van der Waals surface area (Å²) >= 11 is 0. The number of hydrogen-bond donors (Lipinski definition) is 0. The Morgan fingerprint density at radius 3 is 2.50 bits per heavy atom. The van der Waals surface area contributed by atoms with Crippen LogP contribution in [0.3, 0.4) is 0 Å². The van der Waals surface area contributed by atoms with Crippen LogP contribution < -0.4 is 0 Å². The summed E-state index contributed by atoms with van der Waals surface area (Å²) < 4.78 is 0. The van der Waals surface area contributed by atoms with Gasteiger partial charge in [-0.1, -0.05) is 82.5 Å². The van der Waals surface area contributed by atoms with Gasteiger partial charge >= 0.3 is 0 Å². The van der Waals surface area contributed by atoms with Gasteiger partial charge in [0.1, 0.15) is 5.78 Å². The summed E-state index contributed by atoms with van der Waals surface area (Å²) in [7, 11) is 0. The van der Waals surface area contributed by atoms with Gasteiger partial charge in [0.25, 0.3) is 0 Å². The maximum Gasteiger partial charge on any atom is 0.138 e. The fourth-order valence-electron chi connectivity index (χ4n) is 4.82. The molecule has 0 bridgehead atoms. The van der Waals surface area contributed by atoms with E-state index in [0.717, 1.165) is 30.4 Å². The molecule has 3 atom stereocenters. The lowest BCUT2D eigenvalue weighted by Crippen LogP contribution is -2.22. The monoisotopic (exact) mass is 400 g/mol. The van der Waals surface area contributed by atoms with Crippen molar-refractivity contribution in [3.63, 3.8) is 0 Å². The molecule has 30 heavy (non-hydrogen) atoms. The van der Waals surface area contributed by atoms with E-state index in [2.05, 4.69) is 70.3 Å². The summed E-state index contributed by atoms with van der Waals surface area (Å²) in [5.74, 6) is 1.14. The minimum absolute atomic E-state index is 0.0239. The van der Waals surface area contributed by atoms with Crippen LogP contribution >= 0.6 is 0 Å². The molecule has 0 fully saturated rings. The van der Waals surface area contributed by atoms with E-state index in [1.807, 2.05) is 12.2 Å². The van der Waals surface area contributed by atoms with E-state index < -0.39 is 0 Å². The van der Waals surface area contributed by atoms with Crippen LogP contribution in [0.1, 0.15) is 79.3 Å². The lowest BCUT2D eigenvalue weighted by atomic mass is 9.82. The number of aryl methyl sites for hydroxylation is 2. The van der Waals surface area contributed by atoms with Crippen LogP contribution in [0.2, 0.25) is 0 Å². The highest BCUT2D eigenvalue weighted by atomic mass is 16.1. The molecule has 0 spiro atoms. The lowest BCUT2D eigenvalue weighted by molar-refractivity contribution is -0.125. The van der Waals surface area contributed by atoms with Gasteiger partial charge in [-0.2, -0.15) is 0 Å². The molecule has 0 heterocycles. The highest BCUT2D eigenvalue weighted by Crippen LogP contribution is 2.32. The largest absolute Gasteiger partial charge is 0.299 e. The summed E-state index contributed by atoms with van der Waals surface area (Å²) in [6.45, 7) is 14.2. The first-order chi connectivity index (χ1) is 14.4. The Balaban J connectivity index is 1.58. The van der Waals surface area contributed by atoms with Crippen LogP contribution in [0.25, 0.3) is 12.2 Å². The fourth-order valence-corrected chi connectivity index (χ4v) is 4.82. The summed E-state index contributed by atoms with van der Waals surface area (Å²) in [5.41, 5.74) is 7.79. The first kappa shape index (κ1) is 22.3. The van der Waals surface area contributed by atoms with Crippen molar-refractivity contribution < 1.29 is 4.79 Å². The Labute approximate surface area is 182 Å². The zero-order chi connectivity index (χ0) is 21.7. The zero-order valence-corrected chi connectivity index (χ0v) is 18.9. The van der Waals surface area contributed by atoms with Crippen LogP contribution in [0.15, 0.2) is 49.6 Å². The van der Waals surface area contributed by atoms with E-state index >= 15 is 0 Å². The number of hydrogen-bond acceptors (Lipinski definition) is 1. The Hall–Kier alpha value is -2.41. The molecule has 0 saturated heterocycles. The average Bonchev–Trinajstić information content (AvgIpc) is 2.77. The van der Waals surface area contributed by atoms with Gasteiger partial charge in [0.2, 0.25) is 0 Å². The number of benzene rings is 2. The van der Waals surface area contributed by atoms with E-state index in [4.69, 9.17) is 0 Å². The molecule has 0 saturated carbocycles. The Kier molecular flexibility index (Phi) is 7.48. The van der Waals surface area contributed by atoms with Gasteiger partial charge in [-0.05, 0) is 77.8 Å². The molecule has 1 heteroatoms. The Bertz CT molecular complexity index is 920. The molecule has 3 rings (SSSR count). The van der Waals surface area contributed by atoms with Crippen LogP contribution in [0.4, 0.5) is 0 Å². The average molecular weight is 401 g/mol. The number of ketones is 1. The maximum absolute atomic E-state index is 13.0. The molecule has 2 aromatic rings. The van der Waals surface area contributed by atoms with Crippen molar-refractivity contribution in [2.24, 2.45) is 11.8 Å². The van der Waals surface area contributed by atoms with Crippen molar-refractivity contribution in [3.8, 4) is 0 Å². The second kappa shape index (κ2) is 10.1. The van der Waals surface area contributed by atoms with Crippen LogP contribution in [-0.4, -0.2) is 5.78 Å². The molecule has 0 aromatic heterocycles. The second-order valence-corrected chi connectivity index (χ2v) is 9.15. The molecule has 1 aliphatic carbocycles. The van der Waals surface area contributed by atoms with Crippen molar-refractivity contribution in [3.05, 3.63) is 82.9 Å². The van der Waals surface area contributed by atoms with Crippen LogP contribution in [0, 0.1) is 11.8 Å². The molecule has 158 valence electrons. The van der Waals surface area contributed by atoms with Gasteiger partial charge in [0, 0.05) is 11.8 Å². The highest BCUT2D eigenvalue weighted by Gasteiger charge is 2.21. The van der Waals surface area contributed by atoms with Crippen LogP contribution in [-0.2, 0) is 24.1 Å². The summed E-state index contributed by atoms with van der Waals surface area (Å²) in [4.78, 5) is 13.0. The number of carbonyl (C=O) groups excluding carboxylic acids is 1. The van der Waals surface area contributed by atoms with E-state index in [-0.39, 0.29) is 11.8 Å². The maximum atomic E-state index is 13.0. The lowest BCUT2D eigenvalue weighted by Gasteiger charge is -2.23. The van der Waals surface area contributed by atoms with E-state index in [1.165, 1.54) is 41.5 Å². The predicted molar refractivity (Wildman–Crippen MR) is 130 cm³/mol. The van der Waals surface area contributed by atoms with Crippen molar-refractivity contribution in [2.45, 2.75) is 65.2 Å². The van der Waals surface area contributed by atoms with E-state index in [9.17, 15) is 4.79 Å². The molecule has 2 unspecified atom stereocenters. The van der Waals surface area contributed by atoms with Gasteiger partial charge in [0.05, 0.1) is 0 Å². The van der Waals surface area contributed by atoms with Crippen molar-refractivity contribution >= 4 is 17.9 Å². The highest BCUT2D eigenvalue weighted by molar-refractivity contribution is 5.83. The van der Waals surface area contributed by atoms with Crippen LogP contribution in [0.5, 0.6) is 0 Å². The zero-order valence-electron chi connectivity index (χ0n) is 18.9. The molecular weight excluding hydrogens is 364 g/mol. The third kappa shape index (κ3) is 5.19. The summed E-state index contributed by atoms with van der Waals surface area (Å²) in [6, 6.07) is 13.3. The number of fused-ring (bicyclic) bond motifs is 1. The summed E-state index contributed by atoms with van der Waals surface area (Å²) in [6.07, 6.45) is 10.2. The molecular formula is C29H36O. The third-order valence-electron chi connectivity index (χ3n) is 6.79. The molecule has 0 amide bonds. The van der Waals surface area contributed by atoms with Crippen molar-refractivity contribution in [1.82, 2.24) is 0 Å². The summed E-state index contributed by atoms with van der Waals surface area (Å²) in [5, 5.41) is 0. The van der Waals surface area contributed by atoms with Gasteiger partial charge in [-0.25, -0.2) is 0 Å². The normalized spacial score (nSPS) is 17.6. The first-order valence-corrected chi connectivity index (χ1v) is 11.5. The quantitative estimate of drug-likeness (QED) is 0.428. The number of Topliss-reactive ketones (excluding diaryl/α,β-unsaturated/α-hetero) is 1. The molecule has 2 aromatic carbocycles. The first-order valence-electron chi connectivity index (χ1n) is 11.5. The third-order valence-corrected chi connectivity index (χ3v) is 6.79. The van der Waals surface area contributed by atoms with E-state index in [1.54, 1.807) is 0 Å². The van der Waals surface area contributed by atoms with Crippen molar-refractivity contribution in [2.75, 3.05) is 0 Å².